The van der Waals surface area contributed by atoms with Crippen LogP contribution in [-0.2, 0) is 0 Å². The third-order valence-electron chi connectivity index (χ3n) is 2.28. The van der Waals surface area contributed by atoms with E-state index in [1.807, 2.05) is 31.2 Å². The molecule has 2 aromatic rings. The Labute approximate surface area is 89.5 Å². The molecule has 3 heteroatoms. The highest BCUT2D eigenvalue weighted by Gasteiger charge is 2.04. The van der Waals surface area contributed by atoms with E-state index in [0.717, 1.165) is 20.8 Å². The molecule has 2 aromatic carbocycles. The number of hydrogen-bond acceptors (Lipinski definition) is 1. The van der Waals surface area contributed by atoms with Crippen LogP contribution < -0.4 is 4.94 Å². The third-order valence-corrected chi connectivity index (χ3v) is 2.78. The number of halogens is 2. The van der Waals surface area contributed by atoms with Gasteiger partial charge in [-0.25, -0.2) is 0 Å². The topological polar surface area (TPSA) is 9.23 Å². The minimum absolute atomic E-state index is 0.278. The van der Waals surface area contributed by atoms with E-state index in [0.29, 0.717) is 0 Å². The Kier molecular flexibility index (Phi) is 2.42. The van der Waals surface area contributed by atoms with Crippen molar-refractivity contribution in [2.75, 3.05) is 0 Å². The predicted molar refractivity (Wildman–Crippen MR) is 58.1 cm³/mol. The van der Waals surface area contributed by atoms with E-state index in [2.05, 4.69) is 20.9 Å². The van der Waals surface area contributed by atoms with E-state index in [9.17, 15) is 4.53 Å². The normalized spacial score (nSPS) is 10.5. The first-order chi connectivity index (χ1) is 6.72. The maximum absolute atomic E-state index is 12.1. The Morgan fingerprint density at radius 3 is 2.71 bits per heavy atom. The standard InChI is InChI=1S/C11H8BrFO/c1-7-10-4-3-9(12)6-8(10)2-5-11(7)14-13/h2-6H,1H3. The van der Waals surface area contributed by atoms with Crippen LogP contribution in [0.1, 0.15) is 5.56 Å². The highest BCUT2D eigenvalue weighted by molar-refractivity contribution is 9.10. The molecule has 1 nitrogen and oxygen atoms in total. The van der Waals surface area contributed by atoms with Gasteiger partial charge in [0.1, 0.15) is 0 Å². The Hall–Kier alpha value is -1.09. The summed E-state index contributed by atoms with van der Waals surface area (Å²) in [4.78, 5) is 3.77. The molecule has 0 saturated heterocycles. The van der Waals surface area contributed by atoms with Gasteiger partial charge in [-0.05, 0) is 35.9 Å². The van der Waals surface area contributed by atoms with Crippen molar-refractivity contribution in [2.45, 2.75) is 6.92 Å². The molecule has 0 atom stereocenters. The van der Waals surface area contributed by atoms with Crippen molar-refractivity contribution in [3.8, 4) is 5.75 Å². The Bertz CT molecular complexity index is 482. The first-order valence-electron chi connectivity index (χ1n) is 4.20. The van der Waals surface area contributed by atoms with Crippen molar-refractivity contribution in [3.63, 3.8) is 0 Å². The molecule has 0 saturated carbocycles. The predicted octanol–water partition coefficient (Wildman–Crippen LogP) is 4.17. The van der Waals surface area contributed by atoms with E-state index in [4.69, 9.17) is 0 Å². The van der Waals surface area contributed by atoms with Gasteiger partial charge in [0.2, 0.25) is 0 Å². The first-order valence-corrected chi connectivity index (χ1v) is 4.99. The summed E-state index contributed by atoms with van der Waals surface area (Å²) in [6, 6.07) is 9.32. The molecule has 0 aliphatic rings. The highest BCUT2D eigenvalue weighted by Crippen LogP contribution is 2.29. The lowest BCUT2D eigenvalue weighted by atomic mass is 10.1. The Morgan fingerprint density at radius 2 is 2.00 bits per heavy atom. The third kappa shape index (κ3) is 1.48. The summed E-state index contributed by atoms with van der Waals surface area (Å²) in [5.74, 6) is 0.278. The maximum Gasteiger partial charge on any atom is 0.175 e. The summed E-state index contributed by atoms with van der Waals surface area (Å²) in [5, 5.41) is 2.07. The quantitative estimate of drug-likeness (QED) is 0.742. The average molecular weight is 255 g/mol. The van der Waals surface area contributed by atoms with Crippen molar-refractivity contribution in [3.05, 3.63) is 40.4 Å². The van der Waals surface area contributed by atoms with Crippen LogP contribution in [-0.4, -0.2) is 0 Å². The van der Waals surface area contributed by atoms with Gasteiger partial charge in [0, 0.05) is 14.6 Å². The van der Waals surface area contributed by atoms with E-state index in [-0.39, 0.29) is 5.75 Å². The zero-order valence-electron chi connectivity index (χ0n) is 7.55. The zero-order valence-corrected chi connectivity index (χ0v) is 9.14. The zero-order chi connectivity index (χ0) is 10.1. The summed E-state index contributed by atoms with van der Waals surface area (Å²) < 4.78 is 13.1. The summed E-state index contributed by atoms with van der Waals surface area (Å²) in [6.07, 6.45) is 0. The number of aryl methyl sites for hydroxylation is 1. The fourth-order valence-corrected chi connectivity index (χ4v) is 1.90. The fraction of sp³-hybridized carbons (Fsp3) is 0.0909. The molecule has 2 rings (SSSR count). The van der Waals surface area contributed by atoms with Crippen molar-refractivity contribution in [2.24, 2.45) is 0 Å². The molecule has 0 fully saturated rings. The molecule has 0 N–H and O–H groups in total. The van der Waals surface area contributed by atoms with Gasteiger partial charge in [0.05, 0.1) is 0 Å². The average Bonchev–Trinajstić information content (AvgIpc) is 2.18. The van der Waals surface area contributed by atoms with Crippen LogP contribution in [0, 0.1) is 6.92 Å². The SMILES string of the molecule is Cc1c(OF)ccc2cc(Br)ccc12. The lowest BCUT2D eigenvalue weighted by Gasteiger charge is -2.05. The fourth-order valence-electron chi connectivity index (χ4n) is 1.52. The first kappa shape index (κ1) is 9.46. The molecule has 0 amide bonds. The second-order valence-electron chi connectivity index (χ2n) is 3.13. The lowest BCUT2D eigenvalue weighted by Crippen LogP contribution is -1.84. The van der Waals surface area contributed by atoms with Crippen LogP contribution in [0.5, 0.6) is 5.75 Å². The van der Waals surface area contributed by atoms with Crippen molar-refractivity contribution in [1.29, 1.82) is 0 Å². The van der Waals surface area contributed by atoms with Gasteiger partial charge in [-0.2, -0.15) is 0 Å². The molecule has 0 aliphatic carbocycles. The minimum atomic E-state index is 0.278. The molecular formula is C11H8BrFO. The van der Waals surface area contributed by atoms with Crippen molar-refractivity contribution >= 4 is 26.7 Å². The van der Waals surface area contributed by atoms with Crippen molar-refractivity contribution < 1.29 is 9.47 Å². The highest BCUT2D eigenvalue weighted by atomic mass is 79.9. The minimum Gasteiger partial charge on any atom is -0.294 e. The molecule has 72 valence electrons. The van der Waals surface area contributed by atoms with Gasteiger partial charge in [-0.1, -0.05) is 28.1 Å². The molecule has 0 unspecified atom stereocenters. The number of rotatable bonds is 1. The van der Waals surface area contributed by atoms with Gasteiger partial charge in [-0.15, -0.1) is 0 Å². The Balaban J connectivity index is 2.77. The van der Waals surface area contributed by atoms with Crippen LogP contribution in [0.3, 0.4) is 0 Å². The maximum atomic E-state index is 12.1. The van der Waals surface area contributed by atoms with Crippen LogP contribution in [0.2, 0.25) is 0 Å². The second-order valence-corrected chi connectivity index (χ2v) is 4.05. The molecule has 0 aromatic heterocycles. The second kappa shape index (κ2) is 3.58. The molecule has 0 radical (unpaired) electrons. The van der Waals surface area contributed by atoms with Crippen LogP contribution in [0.25, 0.3) is 10.8 Å². The van der Waals surface area contributed by atoms with E-state index in [1.165, 1.54) is 0 Å². The summed E-state index contributed by atoms with van der Waals surface area (Å²) in [5.41, 5.74) is 0.817. The smallest absolute Gasteiger partial charge is 0.175 e. The summed E-state index contributed by atoms with van der Waals surface area (Å²) in [6.45, 7) is 1.84. The van der Waals surface area contributed by atoms with Crippen molar-refractivity contribution in [1.82, 2.24) is 0 Å². The Morgan fingerprint density at radius 1 is 1.21 bits per heavy atom. The van der Waals surface area contributed by atoms with Gasteiger partial charge >= 0.3 is 0 Å². The molecule has 0 aliphatic heterocycles. The van der Waals surface area contributed by atoms with Crippen LogP contribution >= 0.6 is 15.9 Å². The molecule has 14 heavy (non-hydrogen) atoms. The van der Waals surface area contributed by atoms with Crippen LogP contribution in [0.15, 0.2) is 34.8 Å². The summed E-state index contributed by atoms with van der Waals surface area (Å²) in [7, 11) is 0. The number of hydrogen-bond donors (Lipinski definition) is 0. The molecule has 0 spiro atoms. The number of benzene rings is 2. The van der Waals surface area contributed by atoms with E-state index in [1.54, 1.807) is 6.07 Å². The molecule has 0 bridgehead atoms. The van der Waals surface area contributed by atoms with Gasteiger partial charge < -0.3 is 0 Å². The summed E-state index contributed by atoms with van der Waals surface area (Å²) >= 11 is 3.39. The monoisotopic (exact) mass is 254 g/mol. The lowest BCUT2D eigenvalue weighted by molar-refractivity contribution is -0.00681. The van der Waals surface area contributed by atoms with Gasteiger partial charge in [0.25, 0.3) is 0 Å². The van der Waals surface area contributed by atoms with Gasteiger partial charge in [0.15, 0.2) is 5.75 Å². The number of fused-ring (bicyclic) bond motifs is 1. The largest absolute Gasteiger partial charge is 0.294 e. The molecular weight excluding hydrogens is 247 g/mol. The van der Waals surface area contributed by atoms with E-state index >= 15 is 0 Å². The molecule has 0 heterocycles. The van der Waals surface area contributed by atoms with Crippen LogP contribution in [0.4, 0.5) is 4.53 Å². The van der Waals surface area contributed by atoms with Gasteiger partial charge in [-0.3, -0.25) is 4.94 Å². The van der Waals surface area contributed by atoms with E-state index < -0.39 is 0 Å².